The highest BCUT2D eigenvalue weighted by atomic mass is 35.5. The van der Waals surface area contributed by atoms with Gasteiger partial charge in [-0.2, -0.15) is 0 Å². The first-order chi connectivity index (χ1) is 10.8. The van der Waals surface area contributed by atoms with Gasteiger partial charge in [0.05, 0.1) is 0 Å². The average Bonchev–Trinajstić information content (AvgIpc) is 2.98. The molecule has 24 heavy (non-hydrogen) atoms. The fraction of sp³-hybridized carbons (Fsp3) is 0.368. The summed E-state index contributed by atoms with van der Waals surface area (Å²) < 4.78 is 13.9. The van der Waals surface area contributed by atoms with Crippen molar-refractivity contribution in [3.8, 4) is 0 Å². The van der Waals surface area contributed by atoms with Crippen LogP contribution < -0.4 is 5.73 Å². The Hall–Kier alpha value is -1.13. The van der Waals surface area contributed by atoms with Crippen molar-refractivity contribution in [1.29, 1.82) is 0 Å². The second-order valence-corrected chi connectivity index (χ2v) is 6.10. The number of hydrogen-bond acceptors (Lipinski definition) is 2. The maximum atomic E-state index is 13.9. The zero-order valence-corrected chi connectivity index (χ0v) is 15.3. The first-order valence-corrected chi connectivity index (χ1v) is 8.01. The summed E-state index contributed by atoms with van der Waals surface area (Å²) >= 11 is 0. The molecule has 5 heteroatoms. The van der Waals surface area contributed by atoms with Gasteiger partial charge in [-0.15, -0.1) is 24.8 Å². The topological polar surface area (TPSA) is 29.3 Å². The first kappa shape index (κ1) is 20.9. The van der Waals surface area contributed by atoms with Crippen LogP contribution in [0.25, 0.3) is 0 Å². The molecule has 0 spiro atoms. The minimum atomic E-state index is -0.0690. The van der Waals surface area contributed by atoms with Gasteiger partial charge in [0.1, 0.15) is 5.82 Å². The molecule has 1 aliphatic heterocycles. The van der Waals surface area contributed by atoms with E-state index in [2.05, 4.69) is 29.2 Å². The van der Waals surface area contributed by atoms with Crippen molar-refractivity contribution >= 4 is 24.8 Å². The van der Waals surface area contributed by atoms with Crippen molar-refractivity contribution < 1.29 is 4.39 Å². The number of hydrogen-bond donors (Lipinski definition) is 1. The molecule has 1 heterocycles. The summed E-state index contributed by atoms with van der Waals surface area (Å²) in [6.45, 7) is 3.60. The second-order valence-electron chi connectivity index (χ2n) is 6.10. The highest BCUT2D eigenvalue weighted by Crippen LogP contribution is 2.29. The van der Waals surface area contributed by atoms with E-state index < -0.39 is 0 Å². The van der Waals surface area contributed by atoms with E-state index >= 15 is 0 Å². The Morgan fingerprint density at radius 2 is 1.67 bits per heavy atom. The third kappa shape index (κ3) is 5.18. The SMILES string of the molecule is Cl.Cl.NCCc1ccc(CN2CCC(c3ccccc3F)C2)cc1. The van der Waals surface area contributed by atoms with Crippen LogP contribution in [0.2, 0.25) is 0 Å². The van der Waals surface area contributed by atoms with Crippen LogP contribution in [0.4, 0.5) is 4.39 Å². The molecule has 0 aliphatic carbocycles. The molecule has 2 aromatic carbocycles. The molecule has 1 atom stereocenters. The van der Waals surface area contributed by atoms with Crippen molar-refractivity contribution in [2.24, 2.45) is 5.73 Å². The average molecular weight is 371 g/mol. The third-order valence-electron chi connectivity index (χ3n) is 4.48. The summed E-state index contributed by atoms with van der Waals surface area (Å²) in [7, 11) is 0. The number of rotatable bonds is 5. The molecule has 1 aliphatic rings. The van der Waals surface area contributed by atoms with E-state index in [1.54, 1.807) is 12.1 Å². The molecule has 2 N–H and O–H groups in total. The number of benzene rings is 2. The number of likely N-dealkylation sites (tertiary alicyclic amines) is 1. The van der Waals surface area contributed by atoms with Crippen LogP contribution in [0, 0.1) is 5.82 Å². The van der Waals surface area contributed by atoms with E-state index in [1.165, 1.54) is 11.1 Å². The van der Waals surface area contributed by atoms with Gasteiger partial charge in [0.15, 0.2) is 0 Å². The normalized spacial score (nSPS) is 17.2. The monoisotopic (exact) mass is 370 g/mol. The molecule has 0 aromatic heterocycles. The maximum absolute atomic E-state index is 13.9. The quantitative estimate of drug-likeness (QED) is 0.855. The highest BCUT2D eigenvalue weighted by molar-refractivity contribution is 5.85. The Labute approximate surface area is 156 Å². The molecule has 0 amide bonds. The van der Waals surface area contributed by atoms with E-state index in [0.29, 0.717) is 12.5 Å². The Balaban J connectivity index is 0.00000144. The summed E-state index contributed by atoms with van der Waals surface area (Å²) in [6, 6.07) is 15.9. The summed E-state index contributed by atoms with van der Waals surface area (Å²) in [5, 5.41) is 0. The van der Waals surface area contributed by atoms with E-state index in [-0.39, 0.29) is 30.6 Å². The van der Waals surface area contributed by atoms with Crippen LogP contribution >= 0.6 is 24.8 Å². The standard InChI is InChI=1S/C19H23FN2.2ClH/c20-19-4-2-1-3-18(19)17-10-12-22(14-17)13-16-7-5-15(6-8-16)9-11-21;;/h1-8,17H,9-14,21H2;2*1H. The van der Waals surface area contributed by atoms with Crippen LogP contribution in [0.1, 0.15) is 29.0 Å². The molecular weight excluding hydrogens is 346 g/mol. The molecular formula is C19H25Cl2FN2. The fourth-order valence-corrected chi connectivity index (χ4v) is 3.27. The summed E-state index contributed by atoms with van der Waals surface area (Å²) in [4.78, 5) is 2.41. The predicted octanol–water partition coefficient (Wildman–Crippen LogP) is 4.16. The Bertz CT molecular complexity index is 619. The molecule has 0 radical (unpaired) electrons. The summed E-state index contributed by atoms with van der Waals surface area (Å²) in [5.41, 5.74) is 9.04. The molecule has 1 fully saturated rings. The molecule has 0 bridgehead atoms. The second kappa shape index (κ2) is 10.00. The lowest BCUT2D eigenvalue weighted by atomic mass is 9.98. The zero-order chi connectivity index (χ0) is 15.4. The molecule has 132 valence electrons. The Kier molecular flexibility index (Phi) is 8.71. The van der Waals surface area contributed by atoms with E-state index in [9.17, 15) is 4.39 Å². The number of halogens is 3. The van der Waals surface area contributed by atoms with E-state index in [0.717, 1.165) is 38.0 Å². The van der Waals surface area contributed by atoms with E-state index in [1.807, 2.05) is 12.1 Å². The molecule has 1 saturated heterocycles. The maximum Gasteiger partial charge on any atom is 0.126 e. The van der Waals surface area contributed by atoms with Crippen LogP contribution in [0.5, 0.6) is 0 Å². The molecule has 3 rings (SSSR count). The lowest BCUT2D eigenvalue weighted by Crippen LogP contribution is -2.20. The van der Waals surface area contributed by atoms with E-state index in [4.69, 9.17) is 5.73 Å². The summed E-state index contributed by atoms with van der Waals surface area (Å²) in [6.07, 6.45) is 1.96. The smallest absolute Gasteiger partial charge is 0.126 e. The lowest BCUT2D eigenvalue weighted by molar-refractivity contribution is 0.326. The van der Waals surface area contributed by atoms with Gasteiger partial charge in [0.2, 0.25) is 0 Å². The van der Waals surface area contributed by atoms with Crippen LogP contribution in [-0.2, 0) is 13.0 Å². The van der Waals surface area contributed by atoms with Gasteiger partial charge in [-0.3, -0.25) is 4.90 Å². The Morgan fingerprint density at radius 1 is 1.00 bits per heavy atom. The first-order valence-electron chi connectivity index (χ1n) is 8.01. The van der Waals surface area contributed by atoms with Gasteiger partial charge in [0.25, 0.3) is 0 Å². The van der Waals surface area contributed by atoms with Gasteiger partial charge in [-0.1, -0.05) is 42.5 Å². The lowest BCUT2D eigenvalue weighted by Gasteiger charge is -2.17. The minimum absolute atomic E-state index is 0. The predicted molar refractivity (Wildman–Crippen MR) is 103 cm³/mol. The van der Waals surface area contributed by atoms with Crippen LogP contribution in [0.3, 0.4) is 0 Å². The van der Waals surface area contributed by atoms with Gasteiger partial charge >= 0.3 is 0 Å². The van der Waals surface area contributed by atoms with Crippen molar-refractivity contribution in [2.45, 2.75) is 25.3 Å². The Morgan fingerprint density at radius 3 is 2.33 bits per heavy atom. The van der Waals surface area contributed by atoms with Crippen molar-refractivity contribution in [2.75, 3.05) is 19.6 Å². The molecule has 2 aromatic rings. The minimum Gasteiger partial charge on any atom is -0.330 e. The molecule has 2 nitrogen and oxygen atoms in total. The molecule has 1 unspecified atom stereocenters. The van der Waals surface area contributed by atoms with Crippen LogP contribution in [0.15, 0.2) is 48.5 Å². The van der Waals surface area contributed by atoms with Gasteiger partial charge in [0, 0.05) is 19.0 Å². The van der Waals surface area contributed by atoms with Crippen molar-refractivity contribution in [3.05, 3.63) is 71.0 Å². The van der Waals surface area contributed by atoms with Crippen molar-refractivity contribution in [1.82, 2.24) is 4.90 Å². The zero-order valence-electron chi connectivity index (χ0n) is 13.7. The van der Waals surface area contributed by atoms with Gasteiger partial charge in [-0.25, -0.2) is 4.39 Å². The largest absolute Gasteiger partial charge is 0.330 e. The summed E-state index contributed by atoms with van der Waals surface area (Å²) in [5.74, 6) is 0.248. The van der Waals surface area contributed by atoms with Crippen LogP contribution in [-0.4, -0.2) is 24.5 Å². The third-order valence-corrected chi connectivity index (χ3v) is 4.48. The van der Waals surface area contributed by atoms with Gasteiger partial charge in [-0.05, 0) is 48.7 Å². The number of nitrogens with zero attached hydrogens (tertiary/aromatic N) is 1. The van der Waals surface area contributed by atoms with Gasteiger partial charge < -0.3 is 5.73 Å². The highest BCUT2D eigenvalue weighted by Gasteiger charge is 2.25. The number of nitrogens with two attached hydrogens (primary N) is 1. The molecule has 0 saturated carbocycles. The van der Waals surface area contributed by atoms with Crippen molar-refractivity contribution in [3.63, 3.8) is 0 Å². The fourth-order valence-electron chi connectivity index (χ4n) is 3.27.